The van der Waals surface area contributed by atoms with Crippen LogP contribution in [-0.2, 0) is 14.4 Å². The molecule has 0 aliphatic carbocycles. The number of imide groups is 1. The molecule has 7 heteroatoms. The molecule has 0 aromatic heterocycles. The normalized spacial score (nSPS) is 23.2. The lowest BCUT2D eigenvalue weighted by molar-refractivity contribution is -0.126. The molecule has 2 amide bonds. The van der Waals surface area contributed by atoms with Crippen LogP contribution >= 0.6 is 31.9 Å². The number of rotatable bonds is 3. The lowest BCUT2D eigenvalue weighted by Crippen LogP contribution is -2.37. The molecule has 2 saturated heterocycles. The van der Waals surface area contributed by atoms with Gasteiger partial charge < -0.3 is 0 Å². The number of amides is 2. The molecular formula is C23H16Br2N2O3. The molecule has 5 nitrogen and oxygen atoms in total. The average molecular weight is 528 g/mol. The minimum Gasteiger partial charge on any atom is -0.273 e. The van der Waals surface area contributed by atoms with Gasteiger partial charge in [-0.15, -0.1) is 0 Å². The van der Waals surface area contributed by atoms with Crippen LogP contribution in [0, 0.1) is 5.92 Å². The van der Waals surface area contributed by atoms with Crippen molar-refractivity contribution in [3.8, 4) is 0 Å². The molecule has 2 aliphatic rings. The van der Waals surface area contributed by atoms with Crippen LogP contribution in [0.5, 0.6) is 0 Å². The fraction of sp³-hybridized carbons (Fsp3) is 0.130. The van der Waals surface area contributed by atoms with Crippen LogP contribution in [0.2, 0.25) is 0 Å². The van der Waals surface area contributed by atoms with Crippen LogP contribution in [0.4, 0.5) is 11.4 Å². The summed E-state index contributed by atoms with van der Waals surface area (Å²) in [6.45, 7) is 0. The standard InChI is InChI=1S/C23H16Br2N2O3/c24-15-9-11-17(12-10-15)26-22(28)19-20(14-5-4-6-16(25)13-14)27(30-21(19)23(26)29)18-7-2-1-3-8-18/h1-13,19-21H. The van der Waals surface area contributed by atoms with E-state index in [0.29, 0.717) is 5.69 Å². The summed E-state index contributed by atoms with van der Waals surface area (Å²) in [5, 5.41) is 1.70. The zero-order valence-electron chi connectivity index (χ0n) is 15.6. The summed E-state index contributed by atoms with van der Waals surface area (Å²) in [6, 6.07) is 24.0. The van der Waals surface area contributed by atoms with Crippen LogP contribution in [0.25, 0.3) is 0 Å². The van der Waals surface area contributed by atoms with Crippen molar-refractivity contribution in [3.63, 3.8) is 0 Å². The summed E-state index contributed by atoms with van der Waals surface area (Å²) in [5.74, 6) is -1.24. The van der Waals surface area contributed by atoms with Crippen LogP contribution in [-0.4, -0.2) is 17.9 Å². The number of hydroxylamine groups is 1. The Morgan fingerprint density at radius 3 is 2.17 bits per heavy atom. The zero-order chi connectivity index (χ0) is 20.8. The molecule has 5 rings (SSSR count). The van der Waals surface area contributed by atoms with E-state index in [9.17, 15) is 9.59 Å². The highest BCUT2D eigenvalue weighted by Gasteiger charge is 2.60. The topological polar surface area (TPSA) is 49.9 Å². The molecule has 0 saturated carbocycles. The van der Waals surface area contributed by atoms with Crippen molar-refractivity contribution in [1.29, 1.82) is 0 Å². The Labute approximate surface area is 190 Å². The molecule has 0 N–H and O–H groups in total. The second-order valence-corrected chi connectivity index (χ2v) is 9.03. The Morgan fingerprint density at radius 2 is 1.47 bits per heavy atom. The first-order chi connectivity index (χ1) is 14.5. The Balaban J connectivity index is 1.59. The molecule has 3 aromatic rings. The minimum atomic E-state index is -0.870. The molecule has 2 heterocycles. The Kier molecular flexibility index (Phi) is 4.97. The van der Waals surface area contributed by atoms with Gasteiger partial charge in [-0.05, 0) is 54.1 Å². The van der Waals surface area contributed by atoms with E-state index < -0.39 is 18.1 Å². The van der Waals surface area contributed by atoms with E-state index in [0.717, 1.165) is 20.2 Å². The van der Waals surface area contributed by atoms with Gasteiger partial charge in [0.1, 0.15) is 5.92 Å². The highest BCUT2D eigenvalue weighted by molar-refractivity contribution is 9.10. The number of halogens is 2. The van der Waals surface area contributed by atoms with Crippen molar-refractivity contribution in [2.75, 3.05) is 9.96 Å². The van der Waals surface area contributed by atoms with E-state index in [1.807, 2.05) is 66.7 Å². The number of para-hydroxylation sites is 1. The van der Waals surface area contributed by atoms with E-state index >= 15 is 0 Å². The maximum atomic E-state index is 13.5. The number of anilines is 2. The Hall–Kier alpha value is -2.48. The Bertz CT molecular complexity index is 1120. The molecule has 2 aliphatic heterocycles. The van der Waals surface area contributed by atoms with Gasteiger partial charge >= 0.3 is 0 Å². The van der Waals surface area contributed by atoms with Gasteiger partial charge in [-0.3, -0.25) is 14.4 Å². The minimum absolute atomic E-state index is 0.254. The van der Waals surface area contributed by atoms with Crippen molar-refractivity contribution in [2.24, 2.45) is 5.92 Å². The van der Waals surface area contributed by atoms with E-state index in [1.54, 1.807) is 17.2 Å². The predicted octanol–water partition coefficient (Wildman–Crippen LogP) is 5.26. The molecular weight excluding hydrogens is 512 g/mol. The summed E-state index contributed by atoms with van der Waals surface area (Å²) < 4.78 is 1.78. The van der Waals surface area contributed by atoms with E-state index in [1.165, 1.54) is 4.90 Å². The summed E-state index contributed by atoms with van der Waals surface area (Å²) in [7, 11) is 0. The summed E-state index contributed by atoms with van der Waals surface area (Å²) >= 11 is 6.90. The van der Waals surface area contributed by atoms with Gasteiger partial charge in [0.2, 0.25) is 5.91 Å². The summed E-state index contributed by atoms with van der Waals surface area (Å²) in [6.07, 6.45) is -0.870. The third-order valence-corrected chi connectivity index (χ3v) is 6.42. The number of hydrogen-bond acceptors (Lipinski definition) is 4. The number of benzene rings is 3. The molecule has 3 unspecified atom stereocenters. The predicted molar refractivity (Wildman–Crippen MR) is 121 cm³/mol. The second-order valence-electron chi connectivity index (χ2n) is 7.20. The molecule has 0 spiro atoms. The van der Waals surface area contributed by atoms with Crippen LogP contribution in [0.1, 0.15) is 11.6 Å². The molecule has 0 radical (unpaired) electrons. The average Bonchev–Trinajstić information content (AvgIpc) is 3.26. The molecule has 0 bridgehead atoms. The molecule has 30 heavy (non-hydrogen) atoms. The van der Waals surface area contributed by atoms with Crippen LogP contribution < -0.4 is 9.96 Å². The number of carbonyl (C=O) groups is 2. The highest BCUT2D eigenvalue weighted by atomic mass is 79.9. The smallest absolute Gasteiger partial charge is 0.266 e. The van der Waals surface area contributed by atoms with Crippen molar-refractivity contribution >= 4 is 55.0 Å². The molecule has 2 fully saturated rings. The van der Waals surface area contributed by atoms with E-state index in [2.05, 4.69) is 31.9 Å². The summed E-state index contributed by atoms with van der Waals surface area (Å²) in [5.41, 5.74) is 2.25. The van der Waals surface area contributed by atoms with Gasteiger partial charge in [0.05, 0.1) is 17.4 Å². The summed E-state index contributed by atoms with van der Waals surface area (Å²) in [4.78, 5) is 34.1. The highest BCUT2D eigenvalue weighted by Crippen LogP contribution is 2.47. The Morgan fingerprint density at radius 1 is 0.733 bits per heavy atom. The lowest BCUT2D eigenvalue weighted by atomic mass is 9.90. The second kappa shape index (κ2) is 7.65. The maximum Gasteiger partial charge on any atom is 0.266 e. The van der Waals surface area contributed by atoms with Gasteiger partial charge in [-0.1, -0.05) is 62.2 Å². The third kappa shape index (κ3) is 3.17. The number of hydrogen-bond donors (Lipinski definition) is 0. The fourth-order valence-electron chi connectivity index (χ4n) is 4.09. The number of nitrogens with zero attached hydrogens (tertiary/aromatic N) is 2. The fourth-order valence-corrected chi connectivity index (χ4v) is 4.77. The first-order valence-electron chi connectivity index (χ1n) is 9.44. The van der Waals surface area contributed by atoms with E-state index in [4.69, 9.17) is 4.84 Å². The number of carbonyl (C=O) groups excluding carboxylic acids is 2. The van der Waals surface area contributed by atoms with E-state index in [-0.39, 0.29) is 11.8 Å². The van der Waals surface area contributed by atoms with Gasteiger partial charge in [-0.2, -0.15) is 0 Å². The quantitative estimate of drug-likeness (QED) is 0.436. The SMILES string of the molecule is O=C1C2ON(c3ccccc3)C(c3cccc(Br)c3)C2C(=O)N1c1ccc(Br)cc1. The van der Waals surface area contributed by atoms with Gasteiger partial charge in [-0.25, -0.2) is 9.96 Å². The zero-order valence-corrected chi connectivity index (χ0v) is 18.8. The molecule has 3 aromatic carbocycles. The van der Waals surface area contributed by atoms with Crippen LogP contribution in [0.15, 0.2) is 87.8 Å². The third-order valence-electron chi connectivity index (χ3n) is 5.40. The maximum absolute atomic E-state index is 13.5. The van der Waals surface area contributed by atoms with Crippen molar-refractivity contribution in [1.82, 2.24) is 0 Å². The van der Waals surface area contributed by atoms with Crippen molar-refractivity contribution < 1.29 is 14.4 Å². The van der Waals surface area contributed by atoms with Gasteiger partial charge in [0.25, 0.3) is 5.91 Å². The first kappa shape index (κ1) is 19.5. The number of fused-ring (bicyclic) bond motifs is 1. The van der Waals surface area contributed by atoms with Gasteiger partial charge in [0.15, 0.2) is 6.10 Å². The molecule has 150 valence electrons. The first-order valence-corrected chi connectivity index (χ1v) is 11.0. The van der Waals surface area contributed by atoms with Crippen molar-refractivity contribution in [2.45, 2.75) is 12.1 Å². The van der Waals surface area contributed by atoms with Gasteiger partial charge in [0, 0.05) is 8.95 Å². The lowest BCUT2D eigenvalue weighted by Gasteiger charge is -2.28. The molecule has 3 atom stereocenters. The van der Waals surface area contributed by atoms with Crippen LogP contribution in [0.3, 0.4) is 0 Å². The largest absolute Gasteiger partial charge is 0.273 e. The monoisotopic (exact) mass is 526 g/mol. The van der Waals surface area contributed by atoms with Crippen molar-refractivity contribution in [3.05, 3.63) is 93.4 Å².